The van der Waals surface area contributed by atoms with E-state index in [-0.39, 0.29) is 22.9 Å². The number of aliphatic hydroxyl groups is 1. The Morgan fingerprint density at radius 1 is 1.30 bits per heavy atom. The molecule has 0 radical (unpaired) electrons. The second kappa shape index (κ2) is 7.75. The Hall–Kier alpha value is -2.29. The zero-order chi connectivity index (χ0) is 19.6. The van der Waals surface area contributed by atoms with Crippen molar-refractivity contribution in [2.75, 3.05) is 18.5 Å². The summed E-state index contributed by atoms with van der Waals surface area (Å²) in [5.41, 5.74) is 0.998. The van der Waals surface area contributed by atoms with Gasteiger partial charge >= 0.3 is 0 Å². The summed E-state index contributed by atoms with van der Waals surface area (Å²) >= 11 is 0. The first kappa shape index (κ1) is 19.5. The maximum atomic E-state index is 13.4. The minimum absolute atomic E-state index is 0.00536. The molecule has 1 amide bonds. The van der Waals surface area contributed by atoms with Gasteiger partial charge in [0.2, 0.25) is 10.0 Å². The number of aliphatic hydroxyl groups excluding tert-OH is 1. The molecule has 2 aromatic rings. The van der Waals surface area contributed by atoms with Gasteiger partial charge in [-0.1, -0.05) is 6.07 Å². The van der Waals surface area contributed by atoms with E-state index >= 15 is 0 Å². The number of carbonyl (C=O) groups is 1. The molecule has 1 atom stereocenters. The van der Waals surface area contributed by atoms with Gasteiger partial charge in [-0.2, -0.15) is 4.31 Å². The number of hydrogen-bond donors (Lipinski definition) is 2. The highest BCUT2D eigenvalue weighted by Gasteiger charge is 2.35. The van der Waals surface area contributed by atoms with E-state index in [9.17, 15) is 22.7 Å². The molecular weight excluding hydrogens is 371 g/mol. The fourth-order valence-electron chi connectivity index (χ4n) is 3.17. The van der Waals surface area contributed by atoms with Crippen LogP contribution in [-0.2, 0) is 10.0 Å². The van der Waals surface area contributed by atoms with Crippen molar-refractivity contribution in [1.29, 1.82) is 0 Å². The molecule has 2 aromatic carbocycles. The number of carbonyl (C=O) groups excluding carboxylic acids is 1. The van der Waals surface area contributed by atoms with Crippen molar-refractivity contribution in [1.82, 2.24) is 4.31 Å². The van der Waals surface area contributed by atoms with E-state index in [0.717, 1.165) is 0 Å². The minimum atomic E-state index is -3.80. The summed E-state index contributed by atoms with van der Waals surface area (Å²) in [6, 6.07) is 9.53. The van der Waals surface area contributed by atoms with Gasteiger partial charge in [0.1, 0.15) is 5.82 Å². The molecule has 0 bridgehead atoms. The van der Waals surface area contributed by atoms with Crippen molar-refractivity contribution in [2.45, 2.75) is 30.7 Å². The average Bonchev–Trinajstić information content (AvgIpc) is 3.14. The van der Waals surface area contributed by atoms with E-state index in [1.54, 1.807) is 6.92 Å². The molecule has 1 saturated heterocycles. The molecule has 1 heterocycles. The molecule has 0 spiro atoms. The Kier molecular flexibility index (Phi) is 5.59. The van der Waals surface area contributed by atoms with E-state index in [2.05, 4.69) is 5.32 Å². The molecule has 8 heteroatoms. The van der Waals surface area contributed by atoms with Crippen LogP contribution in [0.15, 0.2) is 47.4 Å². The Bertz CT molecular complexity index is 962. The molecular formula is C19H21FN2O4S. The average molecular weight is 392 g/mol. The number of aryl methyl sites for hydroxylation is 1. The third kappa shape index (κ3) is 4.02. The first-order valence-corrected chi connectivity index (χ1v) is 10.1. The number of amides is 1. The Morgan fingerprint density at radius 2 is 2.07 bits per heavy atom. The summed E-state index contributed by atoms with van der Waals surface area (Å²) < 4.78 is 40.4. The van der Waals surface area contributed by atoms with E-state index in [1.807, 2.05) is 0 Å². The van der Waals surface area contributed by atoms with Gasteiger partial charge in [0.15, 0.2) is 0 Å². The molecule has 1 aliphatic rings. The summed E-state index contributed by atoms with van der Waals surface area (Å²) in [6.45, 7) is 1.70. The summed E-state index contributed by atoms with van der Waals surface area (Å²) in [5, 5.41) is 12.0. The minimum Gasteiger partial charge on any atom is -0.395 e. The van der Waals surface area contributed by atoms with Crippen LogP contribution in [0, 0.1) is 12.7 Å². The Balaban J connectivity index is 1.84. The monoisotopic (exact) mass is 392 g/mol. The number of halogens is 1. The molecule has 0 saturated carbocycles. The van der Waals surface area contributed by atoms with Gasteiger partial charge in [0.25, 0.3) is 5.91 Å². The lowest BCUT2D eigenvalue weighted by atomic mass is 10.2. The lowest BCUT2D eigenvalue weighted by Crippen LogP contribution is -2.37. The quantitative estimate of drug-likeness (QED) is 0.819. The van der Waals surface area contributed by atoms with Gasteiger partial charge in [-0.05, 0) is 61.7 Å². The molecule has 2 N–H and O–H groups in total. The molecule has 0 aliphatic carbocycles. The summed E-state index contributed by atoms with van der Waals surface area (Å²) in [4.78, 5) is 12.5. The lowest BCUT2D eigenvalue weighted by Gasteiger charge is -2.22. The SMILES string of the molecule is Cc1cc(NC(=O)c2cccc(S(=O)(=O)N3CCCC3CO)c2)ccc1F. The largest absolute Gasteiger partial charge is 0.395 e. The number of benzene rings is 2. The van der Waals surface area contributed by atoms with Crippen molar-refractivity contribution in [2.24, 2.45) is 0 Å². The van der Waals surface area contributed by atoms with Gasteiger partial charge in [0, 0.05) is 23.8 Å². The molecule has 27 heavy (non-hydrogen) atoms. The number of rotatable bonds is 5. The lowest BCUT2D eigenvalue weighted by molar-refractivity contribution is 0.102. The van der Waals surface area contributed by atoms with Crippen molar-refractivity contribution < 1.29 is 22.7 Å². The number of nitrogens with one attached hydrogen (secondary N) is 1. The standard InChI is InChI=1S/C19H21FN2O4S/c1-13-10-15(7-8-18(13)20)21-19(24)14-4-2-6-17(11-14)27(25,26)22-9-3-5-16(22)12-23/h2,4,6-8,10-11,16,23H,3,5,9,12H2,1H3,(H,21,24). The first-order chi connectivity index (χ1) is 12.8. The topological polar surface area (TPSA) is 86.7 Å². The van der Waals surface area contributed by atoms with Crippen LogP contribution in [0.2, 0.25) is 0 Å². The normalized spacial score (nSPS) is 17.8. The highest BCUT2D eigenvalue weighted by atomic mass is 32.2. The van der Waals surface area contributed by atoms with Crippen LogP contribution in [0.1, 0.15) is 28.8 Å². The molecule has 144 valence electrons. The van der Waals surface area contributed by atoms with Crippen LogP contribution in [0.4, 0.5) is 10.1 Å². The summed E-state index contributed by atoms with van der Waals surface area (Å²) in [5.74, 6) is -0.858. The smallest absolute Gasteiger partial charge is 0.255 e. The van der Waals surface area contributed by atoms with E-state index in [1.165, 1.54) is 46.8 Å². The second-order valence-corrected chi connectivity index (χ2v) is 8.43. The number of sulfonamides is 1. The highest BCUT2D eigenvalue weighted by molar-refractivity contribution is 7.89. The van der Waals surface area contributed by atoms with Gasteiger partial charge in [-0.3, -0.25) is 4.79 Å². The third-order valence-electron chi connectivity index (χ3n) is 4.65. The van der Waals surface area contributed by atoms with E-state index in [0.29, 0.717) is 30.6 Å². The fraction of sp³-hybridized carbons (Fsp3) is 0.316. The zero-order valence-corrected chi connectivity index (χ0v) is 15.7. The number of anilines is 1. The predicted molar refractivity (Wildman–Crippen MR) is 99.5 cm³/mol. The second-order valence-electron chi connectivity index (χ2n) is 6.54. The zero-order valence-electron chi connectivity index (χ0n) is 14.9. The predicted octanol–water partition coefficient (Wildman–Crippen LogP) is 2.53. The molecule has 6 nitrogen and oxygen atoms in total. The molecule has 3 rings (SSSR count). The maximum Gasteiger partial charge on any atom is 0.255 e. The number of hydrogen-bond acceptors (Lipinski definition) is 4. The third-order valence-corrected chi connectivity index (χ3v) is 6.60. The van der Waals surface area contributed by atoms with Crippen molar-refractivity contribution in [3.8, 4) is 0 Å². The van der Waals surface area contributed by atoms with Gasteiger partial charge in [0.05, 0.1) is 11.5 Å². The van der Waals surface area contributed by atoms with Crippen LogP contribution in [0.5, 0.6) is 0 Å². The first-order valence-electron chi connectivity index (χ1n) is 8.63. The number of nitrogens with zero attached hydrogens (tertiary/aromatic N) is 1. The van der Waals surface area contributed by atoms with Gasteiger partial charge in [-0.25, -0.2) is 12.8 Å². The molecule has 1 unspecified atom stereocenters. The van der Waals surface area contributed by atoms with Gasteiger partial charge < -0.3 is 10.4 Å². The maximum absolute atomic E-state index is 13.4. The molecule has 1 aliphatic heterocycles. The van der Waals surface area contributed by atoms with Crippen LogP contribution < -0.4 is 5.32 Å². The fourth-order valence-corrected chi connectivity index (χ4v) is 4.90. The van der Waals surface area contributed by atoms with E-state index in [4.69, 9.17) is 0 Å². The van der Waals surface area contributed by atoms with Crippen LogP contribution in [0.25, 0.3) is 0 Å². The van der Waals surface area contributed by atoms with Crippen LogP contribution >= 0.6 is 0 Å². The van der Waals surface area contributed by atoms with E-state index < -0.39 is 22.0 Å². The Labute approximate surface area is 157 Å². The Morgan fingerprint density at radius 3 is 2.78 bits per heavy atom. The van der Waals surface area contributed by atoms with Gasteiger partial charge in [-0.15, -0.1) is 0 Å². The van der Waals surface area contributed by atoms with Crippen molar-refractivity contribution in [3.63, 3.8) is 0 Å². The van der Waals surface area contributed by atoms with Crippen LogP contribution in [-0.4, -0.2) is 42.9 Å². The molecule has 1 fully saturated rings. The summed E-state index contributed by atoms with van der Waals surface area (Å²) in [7, 11) is -3.80. The van der Waals surface area contributed by atoms with Crippen molar-refractivity contribution in [3.05, 3.63) is 59.4 Å². The highest BCUT2D eigenvalue weighted by Crippen LogP contribution is 2.26. The van der Waals surface area contributed by atoms with Crippen LogP contribution in [0.3, 0.4) is 0 Å². The summed E-state index contributed by atoms with van der Waals surface area (Å²) in [6.07, 6.45) is 1.30. The molecule has 0 aromatic heterocycles. The van der Waals surface area contributed by atoms with Crippen molar-refractivity contribution >= 4 is 21.6 Å².